The third-order valence-electron chi connectivity index (χ3n) is 5.79. The lowest BCUT2D eigenvalue weighted by Crippen LogP contribution is -2.46. The molecule has 2 heterocycles. The molecule has 0 amide bonds. The summed E-state index contributed by atoms with van der Waals surface area (Å²) in [5.41, 5.74) is 2.60. The Hall–Kier alpha value is -1.63. The van der Waals surface area contributed by atoms with E-state index in [2.05, 4.69) is 51.3 Å². The second-order valence-corrected chi connectivity index (χ2v) is 7.87. The van der Waals surface area contributed by atoms with E-state index in [1.165, 1.54) is 11.1 Å². The topological polar surface area (TPSA) is 60.3 Å². The maximum absolute atomic E-state index is 9.63. The van der Waals surface area contributed by atoms with Gasteiger partial charge in [0, 0.05) is 52.9 Å². The van der Waals surface area contributed by atoms with Gasteiger partial charge in [-0.05, 0) is 43.7 Å². The van der Waals surface area contributed by atoms with E-state index in [4.69, 9.17) is 4.74 Å². The van der Waals surface area contributed by atoms with Crippen LogP contribution in [0.3, 0.4) is 0 Å². The average molecular weight is 389 g/mol. The molecule has 2 aliphatic heterocycles. The molecule has 0 aromatic heterocycles. The van der Waals surface area contributed by atoms with Crippen molar-refractivity contribution in [3.05, 3.63) is 35.4 Å². The van der Waals surface area contributed by atoms with Crippen LogP contribution in [-0.4, -0.2) is 72.9 Å². The molecule has 28 heavy (non-hydrogen) atoms. The molecule has 0 bridgehead atoms. The van der Waals surface area contributed by atoms with E-state index in [0.29, 0.717) is 6.10 Å². The van der Waals surface area contributed by atoms with E-state index in [1.54, 1.807) is 0 Å². The standard InChI is InChI=1S/C22H36N4O2/c1-3-28-21-10-14-26(15-11-21)22(23-2)24-16-18-4-6-19(7-5-18)17-25-12-8-20(27)9-13-25/h4-7,20-21,27H,3,8-17H2,1-2H3,(H,23,24). The van der Waals surface area contributed by atoms with Gasteiger partial charge in [0.05, 0.1) is 12.2 Å². The summed E-state index contributed by atoms with van der Waals surface area (Å²) >= 11 is 0. The molecule has 2 N–H and O–H groups in total. The predicted octanol–water partition coefficient (Wildman–Crippen LogP) is 2.22. The highest BCUT2D eigenvalue weighted by Crippen LogP contribution is 2.15. The average Bonchev–Trinajstić information content (AvgIpc) is 2.73. The van der Waals surface area contributed by atoms with E-state index in [9.17, 15) is 5.11 Å². The van der Waals surface area contributed by atoms with Gasteiger partial charge in [0.1, 0.15) is 0 Å². The molecule has 6 heteroatoms. The number of rotatable bonds is 6. The number of benzene rings is 1. The molecular formula is C22H36N4O2. The first-order valence-electron chi connectivity index (χ1n) is 10.7. The van der Waals surface area contributed by atoms with E-state index in [-0.39, 0.29) is 6.10 Å². The lowest BCUT2D eigenvalue weighted by molar-refractivity contribution is 0.0263. The summed E-state index contributed by atoms with van der Waals surface area (Å²) in [5, 5.41) is 13.1. The molecule has 0 unspecified atom stereocenters. The van der Waals surface area contributed by atoms with Crippen molar-refractivity contribution in [3.63, 3.8) is 0 Å². The first-order chi connectivity index (χ1) is 13.7. The fourth-order valence-corrected chi connectivity index (χ4v) is 4.08. The van der Waals surface area contributed by atoms with Crippen LogP contribution in [0, 0.1) is 0 Å². The van der Waals surface area contributed by atoms with Gasteiger partial charge in [0.25, 0.3) is 0 Å². The molecule has 0 atom stereocenters. The van der Waals surface area contributed by atoms with Crippen molar-refractivity contribution in [2.75, 3.05) is 39.8 Å². The molecule has 0 radical (unpaired) electrons. The van der Waals surface area contributed by atoms with Gasteiger partial charge < -0.3 is 20.1 Å². The molecular weight excluding hydrogens is 352 g/mol. The first-order valence-corrected chi connectivity index (χ1v) is 10.7. The number of likely N-dealkylation sites (tertiary alicyclic amines) is 2. The minimum absolute atomic E-state index is 0.107. The summed E-state index contributed by atoms with van der Waals surface area (Å²) in [6, 6.07) is 8.85. The van der Waals surface area contributed by atoms with Gasteiger partial charge in [-0.25, -0.2) is 0 Å². The molecule has 2 fully saturated rings. The summed E-state index contributed by atoms with van der Waals surface area (Å²) in [4.78, 5) is 9.21. The van der Waals surface area contributed by atoms with Gasteiger partial charge in [0.15, 0.2) is 5.96 Å². The van der Waals surface area contributed by atoms with Crippen LogP contribution in [0.15, 0.2) is 29.3 Å². The molecule has 2 saturated heterocycles. The van der Waals surface area contributed by atoms with Crippen molar-refractivity contribution in [3.8, 4) is 0 Å². The molecule has 1 aromatic rings. The number of hydrogen-bond donors (Lipinski definition) is 2. The fourth-order valence-electron chi connectivity index (χ4n) is 4.08. The van der Waals surface area contributed by atoms with Crippen LogP contribution < -0.4 is 5.32 Å². The maximum Gasteiger partial charge on any atom is 0.193 e. The zero-order valence-corrected chi connectivity index (χ0v) is 17.4. The molecule has 0 aliphatic carbocycles. The maximum atomic E-state index is 9.63. The third-order valence-corrected chi connectivity index (χ3v) is 5.79. The minimum atomic E-state index is -0.107. The molecule has 0 saturated carbocycles. The lowest BCUT2D eigenvalue weighted by atomic mass is 10.1. The Morgan fingerprint density at radius 3 is 2.32 bits per heavy atom. The number of piperidine rings is 2. The van der Waals surface area contributed by atoms with Crippen LogP contribution in [0.1, 0.15) is 43.7 Å². The second kappa shape index (κ2) is 10.8. The largest absolute Gasteiger partial charge is 0.393 e. The normalized spacial score (nSPS) is 20.5. The van der Waals surface area contributed by atoms with Crippen LogP contribution in [0.25, 0.3) is 0 Å². The van der Waals surface area contributed by atoms with E-state index in [1.807, 2.05) is 7.05 Å². The van der Waals surface area contributed by atoms with E-state index >= 15 is 0 Å². The smallest absolute Gasteiger partial charge is 0.193 e. The van der Waals surface area contributed by atoms with E-state index in [0.717, 1.165) is 77.5 Å². The number of nitrogens with one attached hydrogen (secondary N) is 1. The lowest BCUT2D eigenvalue weighted by Gasteiger charge is -2.34. The van der Waals surface area contributed by atoms with Crippen LogP contribution >= 0.6 is 0 Å². The first kappa shape index (κ1) is 21.1. The number of hydrogen-bond acceptors (Lipinski definition) is 4. The van der Waals surface area contributed by atoms with Crippen molar-refractivity contribution >= 4 is 5.96 Å². The predicted molar refractivity (Wildman–Crippen MR) is 113 cm³/mol. The Bertz CT molecular complexity index is 603. The van der Waals surface area contributed by atoms with Crippen molar-refractivity contribution < 1.29 is 9.84 Å². The van der Waals surface area contributed by atoms with Gasteiger partial charge in [-0.3, -0.25) is 9.89 Å². The van der Waals surface area contributed by atoms with Crippen LogP contribution in [0.2, 0.25) is 0 Å². The van der Waals surface area contributed by atoms with Crippen molar-refractivity contribution in [1.82, 2.24) is 15.1 Å². The monoisotopic (exact) mass is 388 g/mol. The number of nitrogens with zero attached hydrogens (tertiary/aromatic N) is 3. The Labute approximate surface area is 169 Å². The van der Waals surface area contributed by atoms with Gasteiger partial charge in [-0.1, -0.05) is 24.3 Å². The second-order valence-electron chi connectivity index (χ2n) is 7.87. The summed E-state index contributed by atoms with van der Waals surface area (Å²) in [6.07, 6.45) is 4.21. The van der Waals surface area contributed by atoms with Crippen LogP contribution in [0.5, 0.6) is 0 Å². The van der Waals surface area contributed by atoms with Crippen LogP contribution in [-0.2, 0) is 17.8 Å². The van der Waals surface area contributed by atoms with Crippen molar-refractivity contribution in [2.45, 2.75) is 57.9 Å². The SMILES string of the molecule is CCOC1CCN(C(=NC)NCc2ccc(CN3CCC(O)CC3)cc2)CC1. The summed E-state index contributed by atoms with van der Waals surface area (Å²) in [5.74, 6) is 0.978. The summed E-state index contributed by atoms with van der Waals surface area (Å²) in [7, 11) is 1.86. The third kappa shape index (κ3) is 6.19. The fraction of sp³-hybridized carbons (Fsp3) is 0.682. The van der Waals surface area contributed by atoms with Gasteiger partial charge in [-0.2, -0.15) is 0 Å². The number of aliphatic hydroxyl groups is 1. The summed E-state index contributed by atoms with van der Waals surface area (Å²) < 4.78 is 5.74. The zero-order chi connectivity index (χ0) is 19.8. The Balaban J connectivity index is 1.43. The van der Waals surface area contributed by atoms with Crippen molar-refractivity contribution in [1.29, 1.82) is 0 Å². The number of aliphatic imine (C=N–C) groups is 1. The van der Waals surface area contributed by atoms with Gasteiger partial charge >= 0.3 is 0 Å². The Kier molecular flexibility index (Phi) is 8.13. The van der Waals surface area contributed by atoms with Crippen molar-refractivity contribution in [2.24, 2.45) is 4.99 Å². The number of aliphatic hydroxyl groups excluding tert-OH is 1. The number of ether oxygens (including phenoxy) is 1. The van der Waals surface area contributed by atoms with E-state index < -0.39 is 0 Å². The molecule has 3 rings (SSSR count). The highest BCUT2D eigenvalue weighted by molar-refractivity contribution is 5.79. The molecule has 6 nitrogen and oxygen atoms in total. The molecule has 2 aliphatic rings. The Morgan fingerprint density at radius 2 is 1.71 bits per heavy atom. The van der Waals surface area contributed by atoms with Gasteiger partial charge in [0.2, 0.25) is 0 Å². The number of guanidine groups is 1. The summed E-state index contributed by atoms with van der Waals surface area (Å²) in [6.45, 7) is 8.58. The molecule has 156 valence electrons. The molecule has 0 spiro atoms. The minimum Gasteiger partial charge on any atom is -0.393 e. The highest BCUT2D eigenvalue weighted by atomic mass is 16.5. The quantitative estimate of drug-likeness (QED) is 0.578. The van der Waals surface area contributed by atoms with Gasteiger partial charge in [-0.15, -0.1) is 0 Å². The van der Waals surface area contributed by atoms with Crippen LogP contribution in [0.4, 0.5) is 0 Å². The Morgan fingerprint density at radius 1 is 1.07 bits per heavy atom. The highest BCUT2D eigenvalue weighted by Gasteiger charge is 2.21. The zero-order valence-electron chi connectivity index (χ0n) is 17.4. The molecule has 1 aromatic carbocycles.